The standard InChI is InChI=1S/C14H18N4O2.2ClH/c1-10-3-2-5-18-9-11(17-13(10)18)7-16-14(19)12-8-15-4-6-20-12;;/h2-3,5,9,12,15H,4,6-8H2,1H3,(H,16,19);2*1H. The molecule has 22 heavy (non-hydrogen) atoms. The van der Waals surface area contributed by atoms with E-state index in [0.717, 1.165) is 23.4 Å². The van der Waals surface area contributed by atoms with Gasteiger partial charge in [0.15, 0.2) is 0 Å². The van der Waals surface area contributed by atoms with Gasteiger partial charge in [-0.05, 0) is 18.6 Å². The number of hydrogen-bond acceptors (Lipinski definition) is 4. The number of carbonyl (C=O) groups excluding carboxylic acids is 1. The zero-order chi connectivity index (χ0) is 13.9. The molecule has 1 fully saturated rings. The number of rotatable bonds is 3. The Bertz CT molecular complexity index is 626. The fourth-order valence-electron chi connectivity index (χ4n) is 2.31. The largest absolute Gasteiger partial charge is 0.366 e. The molecule has 1 aliphatic rings. The number of aryl methyl sites for hydroxylation is 1. The minimum Gasteiger partial charge on any atom is -0.366 e. The van der Waals surface area contributed by atoms with Gasteiger partial charge in [0.25, 0.3) is 5.91 Å². The SMILES string of the molecule is Cc1cccn2cc(CNC(=O)C3CNCCO3)nc12.Cl.Cl. The number of morpholine rings is 1. The van der Waals surface area contributed by atoms with Crippen LogP contribution >= 0.6 is 24.8 Å². The van der Waals surface area contributed by atoms with Crippen molar-refractivity contribution < 1.29 is 9.53 Å². The molecule has 0 aromatic carbocycles. The first-order valence-electron chi connectivity index (χ1n) is 6.77. The van der Waals surface area contributed by atoms with Crippen molar-refractivity contribution in [3.63, 3.8) is 0 Å². The van der Waals surface area contributed by atoms with Crippen molar-refractivity contribution in [2.24, 2.45) is 0 Å². The monoisotopic (exact) mass is 346 g/mol. The van der Waals surface area contributed by atoms with Gasteiger partial charge < -0.3 is 19.8 Å². The third kappa shape index (κ3) is 4.10. The molecule has 1 amide bonds. The van der Waals surface area contributed by atoms with Crippen molar-refractivity contribution in [2.45, 2.75) is 19.6 Å². The van der Waals surface area contributed by atoms with Crippen LogP contribution in [0.4, 0.5) is 0 Å². The second-order valence-corrected chi connectivity index (χ2v) is 4.94. The zero-order valence-electron chi connectivity index (χ0n) is 12.2. The second-order valence-electron chi connectivity index (χ2n) is 4.94. The van der Waals surface area contributed by atoms with E-state index >= 15 is 0 Å². The minimum atomic E-state index is -0.400. The Morgan fingerprint density at radius 1 is 1.55 bits per heavy atom. The van der Waals surface area contributed by atoms with Gasteiger partial charge in [-0.3, -0.25) is 4.79 Å². The molecule has 3 rings (SSSR count). The molecule has 0 aliphatic carbocycles. The van der Waals surface area contributed by atoms with Crippen LogP contribution in [0.5, 0.6) is 0 Å². The fourth-order valence-corrected chi connectivity index (χ4v) is 2.31. The van der Waals surface area contributed by atoms with Crippen LogP contribution in [-0.2, 0) is 16.1 Å². The van der Waals surface area contributed by atoms with Gasteiger partial charge in [-0.1, -0.05) is 6.07 Å². The third-order valence-electron chi connectivity index (χ3n) is 3.39. The zero-order valence-corrected chi connectivity index (χ0v) is 13.9. The number of halogens is 2. The molecule has 0 bridgehead atoms. The first-order valence-corrected chi connectivity index (χ1v) is 6.77. The van der Waals surface area contributed by atoms with Gasteiger partial charge >= 0.3 is 0 Å². The summed E-state index contributed by atoms with van der Waals surface area (Å²) in [5.74, 6) is -0.0917. The van der Waals surface area contributed by atoms with Gasteiger partial charge in [0.05, 0.1) is 18.8 Å². The van der Waals surface area contributed by atoms with Crippen LogP contribution in [0.2, 0.25) is 0 Å². The highest BCUT2D eigenvalue weighted by atomic mass is 35.5. The molecule has 6 nitrogen and oxygen atoms in total. The number of fused-ring (bicyclic) bond motifs is 1. The smallest absolute Gasteiger partial charge is 0.250 e. The van der Waals surface area contributed by atoms with E-state index in [4.69, 9.17) is 4.74 Å². The molecule has 0 saturated carbocycles. The minimum absolute atomic E-state index is 0. The maximum atomic E-state index is 11.9. The molecular weight excluding hydrogens is 327 g/mol. The first kappa shape index (κ1) is 18.7. The van der Waals surface area contributed by atoms with Gasteiger partial charge in [-0.25, -0.2) is 4.98 Å². The lowest BCUT2D eigenvalue weighted by Crippen LogP contribution is -2.47. The maximum Gasteiger partial charge on any atom is 0.250 e. The summed E-state index contributed by atoms with van der Waals surface area (Å²) >= 11 is 0. The van der Waals surface area contributed by atoms with Crippen LogP contribution in [0.25, 0.3) is 5.65 Å². The average Bonchev–Trinajstić information content (AvgIpc) is 2.90. The topological polar surface area (TPSA) is 67.7 Å². The molecule has 122 valence electrons. The van der Waals surface area contributed by atoms with E-state index in [1.54, 1.807) is 0 Å². The number of pyridine rings is 1. The van der Waals surface area contributed by atoms with Crippen molar-refractivity contribution >= 4 is 36.4 Å². The first-order chi connectivity index (χ1) is 9.74. The molecule has 2 N–H and O–H groups in total. The molecule has 2 aromatic heterocycles. The predicted molar refractivity (Wildman–Crippen MR) is 88.9 cm³/mol. The summed E-state index contributed by atoms with van der Waals surface area (Å²) in [6.45, 7) is 4.38. The van der Waals surface area contributed by atoms with Crippen molar-refractivity contribution in [3.05, 3.63) is 35.8 Å². The van der Waals surface area contributed by atoms with Gasteiger partial charge in [0.2, 0.25) is 0 Å². The van der Waals surface area contributed by atoms with Gasteiger partial charge in [-0.15, -0.1) is 24.8 Å². The van der Waals surface area contributed by atoms with Crippen LogP contribution in [0.1, 0.15) is 11.3 Å². The Morgan fingerprint density at radius 2 is 2.36 bits per heavy atom. The van der Waals surface area contributed by atoms with Crippen LogP contribution in [-0.4, -0.2) is 41.1 Å². The van der Waals surface area contributed by atoms with E-state index in [-0.39, 0.29) is 30.7 Å². The van der Waals surface area contributed by atoms with Gasteiger partial charge in [0, 0.05) is 25.5 Å². The highest BCUT2D eigenvalue weighted by molar-refractivity contribution is 5.85. The molecule has 1 aliphatic heterocycles. The van der Waals surface area contributed by atoms with E-state index in [1.165, 1.54) is 0 Å². The Balaban J connectivity index is 0.00000121. The Morgan fingerprint density at radius 3 is 3.05 bits per heavy atom. The Kier molecular flexibility index (Phi) is 7.09. The predicted octanol–water partition coefficient (Wildman–Crippen LogP) is 1.09. The van der Waals surface area contributed by atoms with Crippen LogP contribution in [0.3, 0.4) is 0 Å². The number of carbonyl (C=O) groups is 1. The third-order valence-corrected chi connectivity index (χ3v) is 3.39. The number of hydrogen-bond donors (Lipinski definition) is 2. The number of ether oxygens (including phenoxy) is 1. The normalized spacial score (nSPS) is 17.4. The molecule has 0 spiro atoms. The van der Waals surface area contributed by atoms with Crippen molar-refractivity contribution in [3.8, 4) is 0 Å². The molecule has 1 saturated heterocycles. The summed E-state index contributed by atoms with van der Waals surface area (Å²) < 4.78 is 7.37. The highest BCUT2D eigenvalue weighted by Gasteiger charge is 2.21. The molecule has 3 heterocycles. The van der Waals surface area contributed by atoms with Crippen molar-refractivity contribution in [2.75, 3.05) is 19.7 Å². The van der Waals surface area contributed by atoms with Crippen LogP contribution in [0.15, 0.2) is 24.5 Å². The van der Waals surface area contributed by atoms with E-state index in [0.29, 0.717) is 19.7 Å². The lowest BCUT2D eigenvalue weighted by Gasteiger charge is -2.22. The summed E-state index contributed by atoms with van der Waals surface area (Å²) in [6, 6.07) is 4.00. The van der Waals surface area contributed by atoms with E-state index in [9.17, 15) is 4.79 Å². The molecule has 8 heteroatoms. The quantitative estimate of drug-likeness (QED) is 0.872. The highest BCUT2D eigenvalue weighted by Crippen LogP contribution is 2.09. The van der Waals surface area contributed by atoms with Crippen LogP contribution < -0.4 is 10.6 Å². The maximum absolute atomic E-state index is 11.9. The molecule has 0 radical (unpaired) electrons. The van der Waals surface area contributed by atoms with Crippen molar-refractivity contribution in [1.29, 1.82) is 0 Å². The molecule has 1 atom stereocenters. The Hall–Kier alpha value is -1.34. The number of amides is 1. The van der Waals surface area contributed by atoms with Gasteiger partial charge in [0.1, 0.15) is 11.8 Å². The summed E-state index contributed by atoms with van der Waals surface area (Å²) in [7, 11) is 0. The summed E-state index contributed by atoms with van der Waals surface area (Å²) in [5, 5.41) is 6.01. The summed E-state index contributed by atoms with van der Waals surface area (Å²) in [4.78, 5) is 16.5. The lowest BCUT2D eigenvalue weighted by atomic mass is 10.3. The van der Waals surface area contributed by atoms with Gasteiger partial charge in [-0.2, -0.15) is 0 Å². The number of aromatic nitrogens is 2. The molecule has 2 aromatic rings. The van der Waals surface area contributed by atoms with E-state index in [1.807, 2.05) is 35.9 Å². The number of nitrogens with one attached hydrogen (secondary N) is 2. The number of imidazole rings is 1. The molecule has 1 unspecified atom stereocenters. The second kappa shape index (κ2) is 8.33. The fraction of sp³-hybridized carbons (Fsp3) is 0.429. The van der Waals surface area contributed by atoms with E-state index in [2.05, 4.69) is 15.6 Å². The van der Waals surface area contributed by atoms with Crippen LogP contribution in [0, 0.1) is 6.92 Å². The summed E-state index contributed by atoms with van der Waals surface area (Å²) in [5.41, 5.74) is 2.88. The Labute approximate surface area is 141 Å². The average molecular weight is 347 g/mol. The van der Waals surface area contributed by atoms with Crippen molar-refractivity contribution in [1.82, 2.24) is 20.0 Å². The van der Waals surface area contributed by atoms with E-state index < -0.39 is 6.10 Å². The summed E-state index contributed by atoms with van der Waals surface area (Å²) in [6.07, 6.45) is 3.49. The lowest BCUT2D eigenvalue weighted by molar-refractivity contribution is -0.134. The number of nitrogens with zero attached hydrogens (tertiary/aromatic N) is 2. The molecular formula is C14H20Cl2N4O2.